The molecule has 44 heavy (non-hydrogen) atoms. The number of aromatic nitrogens is 1. The normalized spacial score (nSPS) is 13.9. The molecule has 1 saturated carbocycles. The first-order valence-corrected chi connectivity index (χ1v) is 15.2. The van der Waals surface area contributed by atoms with Crippen molar-refractivity contribution in [1.82, 2.24) is 9.88 Å². The number of anilines is 1. The number of carbonyl (C=O) groups excluding carboxylic acids is 1. The number of rotatable bonds is 10. The van der Waals surface area contributed by atoms with E-state index >= 15 is 0 Å². The number of amides is 1. The summed E-state index contributed by atoms with van der Waals surface area (Å²) in [5.74, 6) is 1.14. The molecule has 3 aromatic rings. The quantitative estimate of drug-likeness (QED) is 0.211. The lowest BCUT2D eigenvalue weighted by atomic mass is 10.0. The first-order valence-electron chi connectivity index (χ1n) is 15.2. The Bertz CT molecular complexity index is 1340. The van der Waals surface area contributed by atoms with E-state index in [1.165, 1.54) is 0 Å². The van der Waals surface area contributed by atoms with Gasteiger partial charge in [0, 0.05) is 30.6 Å². The Morgan fingerprint density at radius 1 is 0.909 bits per heavy atom. The van der Waals surface area contributed by atoms with Crippen LogP contribution in [0.4, 0.5) is 37.0 Å². The molecule has 1 fully saturated rings. The number of alkyl halides is 6. The van der Waals surface area contributed by atoms with Gasteiger partial charge in [-0.1, -0.05) is 51.8 Å². The van der Waals surface area contributed by atoms with E-state index in [9.17, 15) is 31.1 Å². The second-order valence-electron chi connectivity index (χ2n) is 10.7. The summed E-state index contributed by atoms with van der Waals surface area (Å²) in [7, 11) is 0. The zero-order chi connectivity index (χ0) is 32.5. The number of hydrogen-bond donors (Lipinski definition) is 0. The molecule has 0 aliphatic heterocycles. The summed E-state index contributed by atoms with van der Waals surface area (Å²) in [5.41, 5.74) is -1.79. The molecular weight excluding hydrogens is 584 g/mol. The Morgan fingerprint density at radius 2 is 1.52 bits per heavy atom. The zero-order valence-corrected chi connectivity index (χ0v) is 25.7. The topological polar surface area (TPSA) is 45.7 Å². The number of hydrogen-bond acceptors (Lipinski definition) is 4. The van der Waals surface area contributed by atoms with Crippen LogP contribution in [0.2, 0.25) is 0 Å². The van der Waals surface area contributed by atoms with E-state index in [-0.39, 0.29) is 24.8 Å². The number of para-hydroxylation sites is 1. The van der Waals surface area contributed by atoms with Crippen LogP contribution in [-0.2, 0) is 30.2 Å². The average molecular weight is 626 g/mol. The summed E-state index contributed by atoms with van der Waals surface area (Å²) in [6.07, 6.45) is -5.47. The van der Waals surface area contributed by atoms with E-state index < -0.39 is 36.1 Å². The third kappa shape index (κ3) is 9.25. The Labute approximate surface area is 255 Å². The minimum atomic E-state index is -5.00. The van der Waals surface area contributed by atoms with Crippen molar-refractivity contribution in [2.45, 2.75) is 85.2 Å². The number of fused-ring (bicyclic) bond motifs is 1. The molecule has 0 saturated heterocycles. The predicted octanol–water partition coefficient (Wildman–Crippen LogP) is 9.86. The Morgan fingerprint density at radius 3 is 2.09 bits per heavy atom. The van der Waals surface area contributed by atoms with Gasteiger partial charge in [-0.3, -0.25) is 4.90 Å². The largest absolute Gasteiger partial charge is 0.450 e. The molecule has 5 nitrogen and oxygen atoms in total. The Kier molecular flexibility index (Phi) is 12.3. The molecule has 0 N–H and O–H groups in total. The fraction of sp³-hybridized carbons (Fsp3) is 0.515. The van der Waals surface area contributed by atoms with Gasteiger partial charge in [-0.05, 0) is 68.0 Å². The molecule has 0 atom stereocenters. The minimum Gasteiger partial charge on any atom is -0.450 e. The highest BCUT2D eigenvalue weighted by Crippen LogP contribution is 2.37. The van der Waals surface area contributed by atoms with Crippen molar-refractivity contribution in [2.75, 3.05) is 24.6 Å². The van der Waals surface area contributed by atoms with E-state index in [4.69, 9.17) is 9.72 Å². The number of benzene rings is 2. The van der Waals surface area contributed by atoms with Crippen LogP contribution in [0.25, 0.3) is 10.9 Å². The van der Waals surface area contributed by atoms with Gasteiger partial charge in [-0.25, -0.2) is 9.78 Å². The van der Waals surface area contributed by atoms with Crippen LogP contribution in [0.5, 0.6) is 0 Å². The summed E-state index contributed by atoms with van der Waals surface area (Å²) in [6.45, 7) is 8.46. The standard InChI is InChI=1S/C31H35F6N3O2.C2H6/c1-3-13-39(18-21-9-5-6-10-21)28-24(16-23-11-7-8-12-27(23)38-28)20-40(29(41)42-4-2)19-22-14-25(30(32,33)34)17-26(15-22)31(35,36)37;1-2/h7-8,11-12,14-17,21H,3-6,9-10,13,18-20H2,1-2H3;1-2H3. The van der Waals surface area contributed by atoms with Crippen LogP contribution in [-0.4, -0.2) is 35.7 Å². The van der Waals surface area contributed by atoms with Crippen molar-refractivity contribution in [3.8, 4) is 0 Å². The molecule has 4 rings (SSSR count). The Balaban J connectivity index is 0.00000259. The van der Waals surface area contributed by atoms with Gasteiger partial charge >= 0.3 is 18.4 Å². The maximum Gasteiger partial charge on any atom is 0.416 e. The fourth-order valence-corrected chi connectivity index (χ4v) is 5.53. The van der Waals surface area contributed by atoms with E-state index in [1.54, 1.807) is 6.92 Å². The van der Waals surface area contributed by atoms with Gasteiger partial charge < -0.3 is 9.64 Å². The number of ether oxygens (including phenoxy) is 1. The minimum absolute atomic E-state index is 0.0157. The van der Waals surface area contributed by atoms with Crippen molar-refractivity contribution in [3.63, 3.8) is 0 Å². The zero-order valence-electron chi connectivity index (χ0n) is 25.7. The molecule has 0 spiro atoms. The van der Waals surface area contributed by atoms with E-state index in [0.29, 0.717) is 36.0 Å². The fourth-order valence-electron chi connectivity index (χ4n) is 5.53. The van der Waals surface area contributed by atoms with Crippen LogP contribution in [0.1, 0.15) is 82.1 Å². The maximum atomic E-state index is 13.5. The highest BCUT2D eigenvalue weighted by molar-refractivity contribution is 5.82. The van der Waals surface area contributed by atoms with Crippen molar-refractivity contribution in [2.24, 2.45) is 5.92 Å². The molecule has 0 unspecified atom stereocenters. The summed E-state index contributed by atoms with van der Waals surface area (Å²) < 4.78 is 86.5. The number of halogens is 6. The van der Waals surface area contributed by atoms with Crippen LogP contribution in [0.3, 0.4) is 0 Å². The van der Waals surface area contributed by atoms with Crippen LogP contribution in [0.15, 0.2) is 48.5 Å². The molecule has 0 bridgehead atoms. The SMILES string of the molecule is CC.CCCN(CC1CCCC1)c1nc2ccccc2cc1CN(Cc1cc(C(F)(F)F)cc(C(F)(F)F)c1)C(=O)OCC. The first kappa shape index (κ1) is 35.0. The molecule has 1 aliphatic rings. The van der Waals surface area contributed by atoms with Gasteiger partial charge in [0.05, 0.1) is 29.8 Å². The van der Waals surface area contributed by atoms with Crippen LogP contribution >= 0.6 is 0 Å². The van der Waals surface area contributed by atoms with Gasteiger partial charge in [0.15, 0.2) is 0 Å². The molecule has 11 heteroatoms. The summed E-state index contributed by atoms with van der Waals surface area (Å²) in [5, 5.41) is 0.802. The second kappa shape index (κ2) is 15.5. The van der Waals surface area contributed by atoms with Crippen LogP contribution < -0.4 is 4.90 Å². The van der Waals surface area contributed by atoms with E-state index in [0.717, 1.165) is 54.5 Å². The van der Waals surface area contributed by atoms with Gasteiger partial charge in [-0.2, -0.15) is 26.3 Å². The maximum absolute atomic E-state index is 13.5. The molecular formula is C33H41F6N3O2. The average Bonchev–Trinajstić information content (AvgIpc) is 3.49. The highest BCUT2D eigenvalue weighted by atomic mass is 19.4. The Hall–Kier alpha value is -3.50. The van der Waals surface area contributed by atoms with Gasteiger partial charge in [0.25, 0.3) is 0 Å². The van der Waals surface area contributed by atoms with Gasteiger partial charge in [-0.15, -0.1) is 0 Å². The summed E-state index contributed by atoms with van der Waals surface area (Å²) in [6, 6.07) is 10.7. The molecule has 2 aromatic carbocycles. The van der Waals surface area contributed by atoms with E-state index in [1.807, 2.05) is 44.2 Å². The third-order valence-electron chi connectivity index (χ3n) is 7.43. The number of carbonyl (C=O) groups is 1. The lowest BCUT2D eigenvalue weighted by Gasteiger charge is -2.30. The van der Waals surface area contributed by atoms with E-state index in [2.05, 4.69) is 11.8 Å². The van der Waals surface area contributed by atoms with Gasteiger partial charge in [0.1, 0.15) is 5.82 Å². The second-order valence-corrected chi connectivity index (χ2v) is 10.7. The van der Waals surface area contributed by atoms with Crippen molar-refractivity contribution < 1.29 is 35.9 Å². The molecule has 1 heterocycles. The van der Waals surface area contributed by atoms with Crippen molar-refractivity contribution in [3.05, 3.63) is 70.8 Å². The summed E-state index contributed by atoms with van der Waals surface area (Å²) in [4.78, 5) is 21.4. The third-order valence-corrected chi connectivity index (χ3v) is 7.43. The van der Waals surface area contributed by atoms with Crippen LogP contribution in [0, 0.1) is 5.92 Å². The summed E-state index contributed by atoms with van der Waals surface area (Å²) >= 11 is 0. The van der Waals surface area contributed by atoms with Crippen molar-refractivity contribution >= 4 is 22.8 Å². The number of pyridine rings is 1. The van der Waals surface area contributed by atoms with Gasteiger partial charge in [0.2, 0.25) is 0 Å². The number of nitrogens with zero attached hydrogens (tertiary/aromatic N) is 3. The smallest absolute Gasteiger partial charge is 0.416 e. The molecule has 0 radical (unpaired) electrons. The van der Waals surface area contributed by atoms with Crippen molar-refractivity contribution in [1.29, 1.82) is 0 Å². The first-order chi connectivity index (χ1) is 20.9. The predicted molar refractivity (Wildman–Crippen MR) is 160 cm³/mol. The monoisotopic (exact) mass is 625 g/mol. The molecule has 1 amide bonds. The molecule has 1 aliphatic carbocycles. The lowest BCUT2D eigenvalue weighted by molar-refractivity contribution is -0.143. The lowest BCUT2D eigenvalue weighted by Crippen LogP contribution is -2.34. The molecule has 1 aromatic heterocycles. The molecule has 242 valence electrons. The highest BCUT2D eigenvalue weighted by Gasteiger charge is 2.37.